The number of fused-ring (bicyclic) bond motifs is 1. The molecule has 0 bridgehead atoms. The van der Waals surface area contributed by atoms with Gasteiger partial charge < -0.3 is 10.1 Å². The van der Waals surface area contributed by atoms with Gasteiger partial charge in [-0.25, -0.2) is 4.68 Å². The van der Waals surface area contributed by atoms with Crippen LogP contribution in [-0.2, 0) is 6.54 Å². The van der Waals surface area contributed by atoms with Gasteiger partial charge in [0.15, 0.2) is 0 Å². The number of hydrogen-bond acceptors (Lipinski definition) is 4. The molecule has 4 aromatic rings. The highest BCUT2D eigenvalue weighted by molar-refractivity contribution is 5.98. The molecule has 2 aromatic heterocycles. The van der Waals surface area contributed by atoms with Crippen molar-refractivity contribution in [3.05, 3.63) is 83.8 Å². The van der Waals surface area contributed by atoms with Gasteiger partial charge in [-0.3, -0.25) is 9.78 Å². The first kappa shape index (κ1) is 17.7. The lowest BCUT2D eigenvalue weighted by molar-refractivity contribution is 0.0950. The maximum Gasteiger partial charge on any atom is 0.253 e. The molecule has 6 nitrogen and oxygen atoms in total. The molecule has 0 aliphatic rings. The molecule has 0 aliphatic heterocycles. The Morgan fingerprint density at radius 2 is 1.96 bits per heavy atom. The number of benzene rings is 2. The molecule has 6 heteroatoms. The number of aryl methyl sites for hydroxylation is 1. The summed E-state index contributed by atoms with van der Waals surface area (Å²) in [4.78, 5) is 17.2. The number of hydrogen-bond donors (Lipinski definition) is 1. The number of ether oxygens (including phenoxy) is 1. The summed E-state index contributed by atoms with van der Waals surface area (Å²) in [5.74, 6) is 0.606. The molecule has 28 heavy (non-hydrogen) atoms. The van der Waals surface area contributed by atoms with Crippen molar-refractivity contribution in [1.82, 2.24) is 20.1 Å². The van der Waals surface area contributed by atoms with Gasteiger partial charge >= 0.3 is 0 Å². The predicted molar refractivity (Wildman–Crippen MR) is 108 cm³/mol. The molecule has 1 N–H and O–H groups in total. The molecule has 140 valence electrons. The number of nitrogens with one attached hydrogen (secondary N) is 1. The van der Waals surface area contributed by atoms with E-state index in [9.17, 15) is 4.79 Å². The Morgan fingerprint density at radius 3 is 2.68 bits per heavy atom. The smallest absolute Gasteiger partial charge is 0.253 e. The van der Waals surface area contributed by atoms with Gasteiger partial charge in [0.05, 0.1) is 29.6 Å². The second-order valence-electron chi connectivity index (χ2n) is 6.48. The second kappa shape index (κ2) is 7.52. The molecule has 0 unspecified atom stereocenters. The number of aromatic nitrogens is 3. The molecule has 2 heterocycles. The molecule has 0 fully saturated rings. The first-order valence-corrected chi connectivity index (χ1v) is 8.96. The summed E-state index contributed by atoms with van der Waals surface area (Å²) in [5, 5.41) is 8.08. The van der Waals surface area contributed by atoms with Gasteiger partial charge in [-0.15, -0.1) is 0 Å². The van der Waals surface area contributed by atoms with Gasteiger partial charge in [-0.1, -0.05) is 12.1 Å². The molecule has 2 aromatic carbocycles. The van der Waals surface area contributed by atoms with E-state index in [0.717, 1.165) is 27.9 Å². The van der Waals surface area contributed by atoms with Gasteiger partial charge in [0.1, 0.15) is 5.75 Å². The average molecular weight is 372 g/mol. The third-order valence-corrected chi connectivity index (χ3v) is 4.62. The first-order valence-electron chi connectivity index (χ1n) is 8.96. The van der Waals surface area contributed by atoms with Gasteiger partial charge in [-0.2, -0.15) is 5.10 Å². The fourth-order valence-corrected chi connectivity index (χ4v) is 3.07. The molecule has 4 rings (SSSR count). The van der Waals surface area contributed by atoms with Crippen LogP contribution in [0.2, 0.25) is 0 Å². The number of amides is 1. The van der Waals surface area contributed by atoms with E-state index >= 15 is 0 Å². The fraction of sp³-hybridized carbons (Fsp3) is 0.136. The number of carbonyl (C=O) groups is 1. The topological polar surface area (TPSA) is 69.0 Å². The van der Waals surface area contributed by atoms with Crippen molar-refractivity contribution in [3.63, 3.8) is 0 Å². The highest BCUT2D eigenvalue weighted by Gasteiger charge is 2.12. The van der Waals surface area contributed by atoms with E-state index in [0.29, 0.717) is 17.8 Å². The largest absolute Gasteiger partial charge is 0.497 e. The Balaban J connectivity index is 1.48. The van der Waals surface area contributed by atoms with Crippen LogP contribution in [0.3, 0.4) is 0 Å². The van der Waals surface area contributed by atoms with Gasteiger partial charge in [0.25, 0.3) is 5.91 Å². The molecule has 1 amide bonds. The van der Waals surface area contributed by atoms with Crippen LogP contribution in [0.4, 0.5) is 0 Å². The Kier molecular flexibility index (Phi) is 4.76. The normalized spacial score (nSPS) is 10.8. The average Bonchev–Trinajstić information content (AvgIpc) is 3.26. The van der Waals surface area contributed by atoms with Crippen LogP contribution in [0.25, 0.3) is 16.6 Å². The lowest BCUT2D eigenvalue weighted by atomic mass is 10.1. The summed E-state index contributed by atoms with van der Waals surface area (Å²) in [7, 11) is 1.62. The number of pyridine rings is 1. The Hall–Kier alpha value is -3.67. The summed E-state index contributed by atoms with van der Waals surface area (Å²) in [6.45, 7) is 2.28. The van der Waals surface area contributed by atoms with E-state index in [1.807, 2.05) is 67.7 Å². The van der Waals surface area contributed by atoms with Crippen molar-refractivity contribution in [3.8, 4) is 11.4 Å². The minimum Gasteiger partial charge on any atom is -0.497 e. The molecule has 0 saturated heterocycles. The molecule has 0 atom stereocenters. The van der Waals surface area contributed by atoms with Crippen molar-refractivity contribution in [2.24, 2.45) is 0 Å². The Bertz CT molecular complexity index is 1120. The summed E-state index contributed by atoms with van der Waals surface area (Å²) >= 11 is 0. The van der Waals surface area contributed by atoms with Crippen molar-refractivity contribution in [1.29, 1.82) is 0 Å². The predicted octanol–water partition coefficient (Wildman–Crippen LogP) is 3.67. The summed E-state index contributed by atoms with van der Waals surface area (Å²) in [6, 6.07) is 17.3. The minimum atomic E-state index is -0.140. The molecule has 0 aliphatic carbocycles. The van der Waals surface area contributed by atoms with Crippen LogP contribution in [0.15, 0.2) is 67.0 Å². The molecular formula is C22H20N4O2. The lowest BCUT2D eigenvalue weighted by Gasteiger charge is -2.10. The zero-order chi connectivity index (χ0) is 19.5. The van der Waals surface area contributed by atoms with Crippen molar-refractivity contribution >= 4 is 16.8 Å². The third kappa shape index (κ3) is 3.57. The maximum absolute atomic E-state index is 12.7. The molecule has 0 spiro atoms. The van der Waals surface area contributed by atoms with E-state index in [4.69, 9.17) is 4.74 Å². The van der Waals surface area contributed by atoms with Crippen molar-refractivity contribution in [2.75, 3.05) is 7.11 Å². The second-order valence-corrected chi connectivity index (χ2v) is 6.48. The zero-order valence-corrected chi connectivity index (χ0v) is 15.7. The molecular weight excluding hydrogens is 352 g/mol. The van der Waals surface area contributed by atoms with Crippen LogP contribution >= 0.6 is 0 Å². The van der Waals surface area contributed by atoms with Gasteiger partial charge in [-0.05, 0) is 48.9 Å². The Labute approximate surface area is 162 Å². The van der Waals surface area contributed by atoms with E-state index < -0.39 is 0 Å². The minimum absolute atomic E-state index is 0.140. The third-order valence-electron chi connectivity index (χ3n) is 4.62. The summed E-state index contributed by atoms with van der Waals surface area (Å²) < 4.78 is 7.03. The monoisotopic (exact) mass is 372 g/mol. The van der Waals surface area contributed by atoms with Crippen LogP contribution in [-0.4, -0.2) is 27.8 Å². The van der Waals surface area contributed by atoms with Crippen LogP contribution < -0.4 is 10.1 Å². The highest BCUT2D eigenvalue weighted by Crippen LogP contribution is 2.21. The fourth-order valence-electron chi connectivity index (χ4n) is 3.07. The van der Waals surface area contributed by atoms with Gasteiger partial charge in [0, 0.05) is 30.4 Å². The standard InChI is InChI=1S/C22H20N4O2/c1-15-20(12-17-6-9-19(28-2)13-21(17)25-15)22(27)23-14-16-4-7-18(8-5-16)26-11-3-10-24-26/h3-13H,14H2,1-2H3,(H,23,27). The number of carbonyl (C=O) groups excluding carboxylic acids is 1. The maximum atomic E-state index is 12.7. The van der Waals surface area contributed by atoms with Crippen LogP contribution in [0.5, 0.6) is 5.75 Å². The lowest BCUT2D eigenvalue weighted by Crippen LogP contribution is -2.24. The number of nitrogens with zero attached hydrogens (tertiary/aromatic N) is 3. The quantitative estimate of drug-likeness (QED) is 0.580. The first-order chi connectivity index (χ1) is 13.6. The number of rotatable bonds is 5. The summed E-state index contributed by atoms with van der Waals surface area (Å²) in [5.41, 5.74) is 4.06. The van der Waals surface area contributed by atoms with Crippen LogP contribution in [0.1, 0.15) is 21.6 Å². The van der Waals surface area contributed by atoms with Crippen molar-refractivity contribution < 1.29 is 9.53 Å². The molecule has 0 saturated carbocycles. The summed E-state index contributed by atoms with van der Waals surface area (Å²) in [6.07, 6.45) is 3.63. The van der Waals surface area contributed by atoms with E-state index in [2.05, 4.69) is 15.4 Å². The highest BCUT2D eigenvalue weighted by atomic mass is 16.5. The Morgan fingerprint density at radius 1 is 1.14 bits per heavy atom. The SMILES string of the molecule is COc1ccc2cc(C(=O)NCc3ccc(-n4cccn4)cc3)c(C)nc2c1. The van der Waals surface area contributed by atoms with E-state index in [1.54, 1.807) is 18.0 Å². The zero-order valence-electron chi connectivity index (χ0n) is 15.7. The van der Waals surface area contributed by atoms with Crippen molar-refractivity contribution in [2.45, 2.75) is 13.5 Å². The number of methoxy groups -OCH3 is 1. The van der Waals surface area contributed by atoms with Gasteiger partial charge in [0.2, 0.25) is 0 Å². The molecule has 0 radical (unpaired) electrons. The van der Waals surface area contributed by atoms with Crippen LogP contribution in [0, 0.1) is 6.92 Å². The van der Waals surface area contributed by atoms with E-state index in [1.165, 1.54) is 0 Å². The van der Waals surface area contributed by atoms with E-state index in [-0.39, 0.29) is 5.91 Å².